The van der Waals surface area contributed by atoms with Gasteiger partial charge >= 0.3 is 0 Å². The van der Waals surface area contributed by atoms with E-state index in [9.17, 15) is 0 Å². The van der Waals surface area contributed by atoms with E-state index in [0.717, 1.165) is 66.2 Å². The Morgan fingerprint density at radius 2 is 1.12 bits per heavy atom. The van der Waals surface area contributed by atoms with Crippen LogP contribution >= 0.6 is 0 Å². The van der Waals surface area contributed by atoms with Crippen LogP contribution < -0.4 is 0 Å². The van der Waals surface area contributed by atoms with Gasteiger partial charge in [-0.3, -0.25) is 0 Å². The number of hydrogen-bond donors (Lipinski definition) is 0. The van der Waals surface area contributed by atoms with Crippen molar-refractivity contribution in [3.8, 4) is 33.6 Å². The van der Waals surface area contributed by atoms with E-state index in [0.29, 0.717) is 0 Å². The zero-order valence-electron chi connectivity index (χ0n) is 27.5. The van der Waals surface area contributed by atoms with Crippen molar-refractivity contribution >= 4 is 65.6 Å². The minimum absolute atomic E-state index is 0.867. The molecule has 0 bridgehead atoms. The molecule has 0 aliphatic carbocycles. The lowest BCUT2D eigenvalue weighted by molar-refractivity contribution is 0.671. The summed E-state index contributed by atoms with van der Waals surface area (Å²) in [5.41, 5.74) is 13.0. The highest BCUT2D eigenvalue weighted by molar-refractivity contribution is 6.26. The molecule has 0 atom stereocenters. The van der Waals surface area contributed by atoms with Gasteiger partial charge in [0.1, 0.15) is 5.58 Å². The first-order valence-corrected chi connectivity index (χ1v) is 17.3. The van der Waals surface area contributed by atoms with Crippen molar-refractivity contribution in [3.05, 3.63) is 182 Å². The van der Waals surface area contributed by atoms with Gasteiger partial charge in [0.25, 0.3) is 0 Å². The fraction of sp³-hybridized carbons (Fsp3) is 0. The summed E-state index contributed by atoms with van der Waals surface area (Å²) in [5.74, 6) is 0. The van der Waals surface area contributed by atoms with Crippen LogP contribution in [0.1, 0.15) is 0 Å². The molecule has 51 heavy (non-hydrogen) atoms. The SMILES string of the molecule is c1ccc2c(c#1)c1c(-c3ccc4c5ccccc5n(-c5ccccc5)c4c3)cc3c4ccccc4oc3c1n2-c1ccc(-c2ccccc2)cc1. The van der Waals surface area contributed by atoms with E-state index in [4.69, 9.17) is 4.42 Å². The second-order valence-corrected chi connectivity index (χ2v) is 13.2. The molecule has 0 radical (unpaired) electrons. The molecule has 0 aliphatic heterocycles. The van der Waals surface area contributed by atoms with Crippen LogP contribution in [0.15, 0.2) is 174 Å². The van der Waals surface area contributed by atoms with Crippen LogP contribution in [-0.4, -0.2) is 9.13 Å². The molecule has 0 saturated carbocycles. The number of para-hydroxylation sites is 3. The second kappa shape index (κ2) is 10.7. The molecule has 3 heteroatoms. The Balaban J connectivity index is 1.26. The lowest BCUT2D eigenvalue weighted by Gasteiger charge is -2.12. The molecule has 236 valence electrons. The van der Waals surface area contributed by atoms with E-state index in [-0.39, 0.29) is 0 Å². The molecule has 8 aromatic carbocycles. The lowest BCUT2D eigenvalue weighted by Crippen LogP contribution is -1.95. The maximum atomic E-state index is 6.78. The van der Waals surface area contributed by atoms with Crippen LogP contribution in [-0.2, 0) is 0 Å². The van der Waals surface area contributed by atoms with Crippen molar-refractivity contribution in [2.75, 3.05) is 0 Å². The Morgan fingerprint density at radius 1 is 0.451 bits per heavy atom. The zero-order chi connectivity index (χ0) is 33.5. The van der Waals surface area contributed by atoms with Gasteiger partial charge < -0.3 is 13.6 Å². The van der Waals surface area contributed by atoms with Crippen LogP contribution in [0.4, 0.5) is 0 Å². The molecule has 11 rings (SSSR count). The summed E-state index contributed by atoms with van der Waals surface area (Å²) >= 11 is 0. The average molecular weight is 649 g/mol. The minimum atomic E-state index is 0.867. The number of fused-ring (bicyclic) bond motifs is 10. The fourth-order valence-electron chi connectivity index (χ4n) is 8.11. The van der Waals surface area contributed by atoms with Crippen molar-refractivity contribution in [2.24, 2.45) is 0 Å². The lowest BCUT2D eigenvalue weighted by atomic mass is 9.96. The molecular formula is C48H28N2O. The minimum Gasteiger partial charge on any atom is -0.454 e. The van der Waals surface area contributed by atoms with Crippen LogP contribution in [0.5, 0.6) is 0 Å². The largest absolute Gasteiger partial charge is 0.454 e. The first kappa shape index (κ1) is 27.9. The first-order valence-electron chi connectivity index (χ1n) is 17.3. The molecule has 0 fully saturated rings. The van der Waals surface area contributed by atoms with Crippen LogP contribution in [0, 0.1) is 12.1 Å². The van der Waals surface area contributed by atoms with Crippen molar-refractivity contribution in [2.45, 2.75) is 0 Å². The van der Waals surface area contributed by atoms with Crippen molar-refractivity contribution < 1.29 is 4.42 Å². The highest BCUT2D eigenvalue weighted by Crippen LogP contribution is 2.46. The highest BCUT2D eigenvalue weighted by Gasteiger charge is 2.24. The van der Waals surface area contributed by atoms with Crippen LogP contribution in [0.25, 0.3) is 99.2 Å². The summed E-state index contributed by atoms with van der Waals surface area (Å²) in [6.45, 7) is 0. The van der Waals surface area contributed by atoms with E-state index in [1.54, 1.807) is 0 Å². The van der Waals surface area contributed by atoms with Gasteiger partial charge in [-0.1, -0.05) is 121 Å². The summed E-state index contributed by atoms with van der Waals surface area (Å²) in [6, 6.07) is 67.2. The highest BCUT2D eigenvalue weighted by atomic mass is 16.3. The predicted octanol–water partition coefficient (Wildman–Crippen LogP) is 12.7. The summed E-state index contributed by atoms with van der Waals surface area (Å²) in [6.07, 6.45) is 0. The van der Waals surface area contributed by atoms with E-state index < -0.39 is 0 Å². The van der Waals surface area contributed by atoms with E-state index in [2.05, 4.69) is 179 Å². The molecule has 0 unspecified atom stereocenters. The van der Waals surface area contributed by atoms with Gasteiger partial charge in [0, 0.05) is 38.3 Å². The number of rotatable bonds is 4. The van der Waals surface area contributed by atoms with Crippen molar-refractivity contribution in [1.29, 1.82) is 0 Å². The number of aromatic nitrogens is 2. The molecular weight excluding hydrogens is 621 g/mol. The molecule has 11 aromatic rings. The Morgan fingerprint density at radius 3 is 1.96 bits per heavy atom. The number of benzene rings is 7. The normalized spacial score (nSPS) is 11.8. The third-order valence-electron chi connectivity index (χ3n) is 10.4. The predicted molar refractivity (Wildman–Crippen MR) is 211 cm³/mol. The molecule has 0 aliphatic rings. The second-order valence-electron chi connectivity index (χ2n) is 13.2. The third-order valence-corrected chi connectivity index (χ3v) is 10.4. The van der Waals surface area contributed by atoms with Gasteiger partial charge in [-0.25, -0.2) is 0 Å². The first-order chi connectivity index (χ1) is 25.3. The third kappa shape index (κ3) is 4.08. The van der Waals surface area contributed by atoms with Gasteiger partial charge in [0.2, 0.25) is 0 Å². The Hall–Kier alpha value is -7.02. The summed E-state index contributed by atoms with van der Waals surface area (Å²) < 4.78 is 11.5. The quantitative estimate of drug-likeness (QED) is 0.186. The van der Waals surface area contributed by atoms with E-state index >= 15 is 0 Å². The summed E-state index contributed by atoms with van der Waals surface area (Å²) in [5, 5.41) is 6.77. The van der Waals surface area contributed by atoms with Gasteiger partial charge in [0.05, 0.1) is 27.5 Å². The number of hydrogen-bond acceptors (Lipinski definition) is 1. The monoisotopic (exact) mass is 648 g/mol. The van der Waals surface area contributed by atoms with Crippen molar-refractivity contribution in [1.82, 2.24) is 9.13 Å². The Bertz CT molecular complexity index is 3110. The van der Waals surface area contributed by atoms with Gasteiger partial charge in [-0.2, -0.15) is 0 Å². The molecule has 3 aromatic heterocycles. The molecule has 3 heterocycles. The summed E-state index contributed by atoms with van der Waals surface area (Å²) in [7, 11) is 0. The zero-order valence-corrected chi connectivity index (χ0v) is 27.5. The van der Waals surface area contributed by atoms with E-state index in [1.807, 2.05) is 12.1 Å². The average Bonchev–Trinajstić information content (AvgIpc) is 3.86. The molecule has 0 saturated heterocycles. The smallest absolute Gasteiger partial charge is 0.160 e. The standard InChI is InChI=1S/C48H28N2O/c1-3-13-31(14-4-1)32-23-26-35(27-24-32)50-43-21-11-8-19-39(43)46-40(30-41-38-18-9-12-22-45(38)51-48(41)47(46)50)33-25-28-37-36-17-7-10-20-42(36)49(44(37)29-33)34-15-5-2-6-16-34/h1-7,9-18,20-30H. The molecule has 0 amide bonds. The maximum absolute atomic E-state index is 6.78. The Kier molecular flexibility index (Phi) is 5.87. The number of furan rings is 1. The van der Waals surface area contributed by atoms with Crippen LogP contribution in [0.3, 0.4) is 0 Å². The topological polar surface area (TPSA) is 23.0 Å². The van der Waals surface area contributed by atoms with Gasteiger partial charge in [0.15, 0.2) is 5.58 Å². The fourth-order valence-corrected chi connectivity index (χ4v) is 8.11. The maximum Gasteiger partial charge on any atom is 0.160 e. The Labute approximate surface area is 293 Å². The van der Waals surface area contributed by atoms with Crippen LogP contribution in [0.2, 0.25) is 0 Å². The molecule has 0 spiro atoms. The molecule has 3 nitrogen and oxygen atoms in total. The molecule has 0 N–H and O–H groups in total. The summed E-state index contributed by atoms with van der Waals surface area (Å²) in [4.78, 5) is 0. The number of nitrogens with zero attached hydrogens (tertiary/aromatic N) is 2. The van der Waals surface area contributed by atoms with Gasteiger partial charge in [-0.05, 0) is 82.9 Å². The van der Waals surface area contributed by atoms with E-state index in [1.165, 1.54) is 32.9 Å². The van der Waals surface area contributed by atoms with Crippen molar-refractivity contribution in [3.63, 3.8) is 0 Å². The van der Waals surface area contributed by atoms with Gasteiger partial charge in [-0.15, -0.1) is 0 Å².